The van der Waals surface area contributed by atoms with Gasteiger partial charge < -0.3 is 5.32 Å². The van der Waals surface area contributed by atoms with Crippen LogP contribution in [0.2, 0.25) is 0 Å². The summed E-state index contributed by atoms with van der Waals surface area (Å²) in [7, 11) is -3.86. The number of nitrogens with one attached hydrogen (secondary N) is 2. The summed E-state index contributed by atoms with van der Waals surface area (Å²) in [5.41, 5.74) is 0. The number of benzene rings is 1. The van der Waals surface area contributed by atoms with Gasteiger partial charge in [0.25, 0.3) is 0 Å². The van der Waals surface area contributed by atoms with E-state index in [4.69, 9.17) is 0 Å². The Kier molecular flexibility index (Phi) is 3.41. The lowest BCUT2D eigenvalue weighted by Gasteiger charge is -2.12. The van der Waals surface area contributed by atoms with Crippen LogP contribution in [0.25, 0.3) is 0 Å². The molecule has 7 heteroatoms. The summed E-state index contributed by atoms with van der Waals surface area (Å²) in [4.78, 5) is -0.387. The molecule has 1 aliphatic heterocycles. The summed E-state index contributed by atoms with van der Waals surface area (Å²) < 4.78 is 51.9. The van der Waals surface area contributed by atoms with E-state index in [2.05, 4.69) is 10.0 Å². The van der Waals surface area contributed by atoms with Crippen LogP contribution in [0.4, 0.5) is 8.78 Å². The minimum Gasteiger partial charge on any atom is -0.315 e. The molecule has 1 aliphatic rings. The highest BCUT2D eigenvalue weighted by Crippen LogP contribution is 2.14. The molecule has 2 rings (SSSR count). The van der Waals surface area contributed by atoms with Crippen molar-refractivity contribution in [1.82, 2.24) is 10.0 Å². The molecular formula is C10H12F2N2O2S. The molecule has 2 N–H and O–H groups in total. The van der Waals surface area contributed by atoms with Crippen molar-refractivity contribution < 1.29 is 17.2 Å². The molecule has 0 spiro atoms. The molecule has 0 aliphatic carbocycles. The minimum absolute atomic E-state index is 0.230. The van der Waals surface area contributed by atoms with Gasteiger partial charge in [-0.05, 0) is 25.1 Å². The number of halogens is 2. The Balaban J connectivity index is 2.24. The van der Waals surface area contributed by atoms with Crippen LogP contribution in [0.5, 0.6) is 0 Å². The second kappa shape index (κ2) is 4.67. The normalized spacial score (nSPS) is 20.7. The first kappa shape index (κ1) is 12.4. The van der Waals surface area contributed by atoms with Crippen molar-refractivity contribution in [2.24, 2.45) is 0 Å². The summed E-state index contributed by atoms with van der Waals surface area (Å²) in [5, 5.41) is 2.99. The van der Waals surface area contributed by atoms with E-state index >= 15 is 0 Å². The minimum atomic E-state index is -3.86. The van der Waals surface area contributed by atoms with Crippen molar-refractivity contribution in [3.8, 4) is 0 Å². The smallest absolute Gasteiger partial charge is 0.241 e. The van der Waals surface area contributed by atoms with Crippen molar-refractivity contribution >= 4 is 10.0 Å². The Hall–Kier alpha value is -1.05. The summed E-state index contributed by atoms with van der Waals surface area (Å²) in [6.45, 7) is 1.25. The van der Waals surface area contributed by atoms with Gasteiger partial charge in [-0.3, -0.25) is 0 Å². The summed E-state index contributed by atoms with van der Waals surface area (Å²) in [6.07, 6.45) is 0.664. The van der Waals surface area contributed by atoms with Gasteiger partial charge in [0.15, 0.2) is 0 Å². The highest BCUT2D eigenvalue weighted by atomic mass is 32.2. The zero-order chi connectivity index (χ0) is 12.5. The fourth-order valence-corrected chi connectivity index (χ4v) is 3.04. The predicted molar refractivity (Wildman–Crippen MR) is 58.0 cm³/mol. The van der Waals surface area contributed by atoms with E-state index < -0.39 is 21.7 Å². The molecule has 0 unspecified atom stereocenters. The lowest BCUT2D eigenvalue weighted by molar-refractivity contribution is 0.549. The average Bonchev–Trinajstić information content (AvgIpc) is 2.68. The molecule has 1 heterocycles. The van der Waals surface area contributed by atoms with Gasteiger partial charge in [-0.15, -0.1) is 0 Å². The van der Waals surface area contributed by atoms with Crippen LogP contribution in [-0.2, 0) is 10.0 Å². The van der Waals surface area contributed by atoms with E-state index in [1.807, 2.05) is 0 Å². The lowest BCUT2D eigenvalue weighted by atomic mass is 10.3. The number of rotatable bonds is 3. The summed E-state index contributed by atoms with van der Waals surface area (Å²) >= 11 is 0. The maximum atomic E-state index is 12.9. The third-order valence-electron chi connectivity index (χ3n) is 2.53. The van der Waals surface area contributed by atoms with Gasteiger partial charge in [-0.25, -0.2) is 21.9 Å². The van der Waals surface area contributed by atoms with Crippen LogP contribution in [0.15, 0.2) is 23.1 Å². The summed E-state index contributed by atoms with van der Waals surface area (Å²) in [5.74, 6) is -1.81. The zero-order valence-electron chi connectivity index (χ0n) is 8.91. The van der Waals surface area contributed by atoms with Crippen LogP contribution in [0.1, 0.15) is 6.42 Å². The Morgan fingerprint density at radius 2 is 1.88 bits per heavy atom. The van der Waals surface area contributed by atoms with E-state index in [-0.39, 0.29) is 10.9 Å². The molecule has 0 amide bonds. The largest absolute Gasteiger partial charge is 0.315 e. The average molecular weight is 262 g/mol. The molecule has 0 saturated carbocycles. The maximum Gasteiger partial charge on any atom is 0.241 e. The Morgan fingerprint density at radius 3 is 2.41 bits per heavy atom. The fourth-order valence-electron chi connectivity index (χ4n) is 1.73. The van der Waals surface area contributed by atoms with Gasteiger partial charge in [0.05, 0.1) is 4.90 Å². The molecule has 17 heavy (non-hydrogen) atoms. The van der Waals surface area contributed by atoms with Gasteiger partial charge in [0, 0.05) is 18.7 Å². The first-order valence-electron chi connectivity index (χ1n) is 5.16. The molecule has 0 aromatic heterocycles. The van der Waals surface area contributed by atoms with Gasteiger partial charge in [0.1, 0.15) is 11.6 Å². The highest BCUT2D eigenvalue weighted by molar-refractivity contribution is 7.89. The number of hydrogen-bond acceptors (Lipinski definition) is 3. The first-order valence-corrected chi connectivity index (χ1v) is 6.65. The van der Waals surface area contributed by atoms with Gasteiger partial charge in [-0.1, -0.05) is 0 Å². The van der Waals surface area contributed by atoms with Crippen molar-refractivity contribution in [1.29, 1.82) is 0 Å². The van der Waals surface area contributed by atoms with Gasteiger partial charge in [-0.2, -0.15) is 0 Å². The molecule has 1 atom stereocenters. The highest BCUT2D eigenvalue weighted by Gasteiger charge is 2.23. The third kappa shape index (κ3) is 2.99. The van der Waals surface area contributed by atoms with Gasteiger partial charge in [0.2, 0.25) is 10.0 Å². The fraction of sp³-hybridized carbons (Fsp3) is 0.400. The van der Waals surface area contributed by atoms with Crippen molar-refractivity contribution in [2.45, 2.75) is 17.4 Å². The standard InChI is InChI=1S/C10H12F2N2O2S/c11-7-3-8(12)5-10(4-7)17(15,16)14-9-1-2-13-6-9/h3-5,9,13-14H,1-2,6H2/t9-/m1/s1. The van der Waals surface area contributed by atoms with E-state index in [1.54, 1.807) is 0 Å². The SMILES string of the molecule is O=S(=O)(N[C@@H]1CCNC1)c1cc(F)cc(F)c1. The molecule has 1 aromatic rings. The molecule has 94 valence electrons. The van der Waals surface area contributed by atoms with Crippen LogP contribution in [-0.4, -0.2) is 27.5 Å². The Morgan fingerprint density at radius 1 is 1.24 bits per heavy atom. The predicted octanol–water partition coefficient (Wildman–Crippen LogP) is 0.605. The number of hydrogen-bond donors (Lipinski definition) is 2. The van der Waals surface area contributed by atoms with Crippen LogP contribution in [0, 0.1) is 11.6 Å². The quantitative estimate of drug-likeness (QED) is 0.839. The second-order valence-electron chi connectivity index (χ2n) is 3.92. The Labute approximate surface area is 98.1 Å². The summed E-state index contributed by atoms with van der Waals surface area (Å²) in [6, 6.07) is 2.00. The third-order valence-corrected chi connectivity index (χ3v) is 4.03. The van der Waals surface area contributed by atoms with Crippen LogP contribution >= 0.6 is 0 Å². The zero-order valence-corrected chi connectivity index (χ0v) is 9.73. The molecule has 1 fully saturated rings. The molecule has 1 aromatic carbocycles. The van der Waals surface area contributed by atoms with E-state index in [9.17, 15) is 17.2 Å². The maximum absolute atomic E-state index is 12.9. The van der Waals surface area contributed by atoms with Crippen LogP contribution in [0.3, 0.4) is 0 Å². The molecule has 0 bridgehead atoms. The van der Waals surface area contributed by atoms with Crippen molar-refractivity contribution in [3.63, 3.8) is 0 Å². The second-order valence-corrected chi connectivity index (χ2v) is 5.63. The van der Waals surface area contributed by atoms with E-state index in [0.717, 1.165) is 18.7 Å². The van der Waals surface area contributed by atoms with Gasteiger partial charge >= 0.3 is 0 Å². The van der Waals surface area contributed by atoms with Crippen molar-refractivity contribution in [2.75, 3.05) is 13.1 Å². The van der Waals surface area contributed by atoms with E-state index in [0.29, 0.717) is 19.0 Å². The number of sulfonamides is 1. The molecule has 0 radical (unpaired) electrons. The van der Waals surface area contributed by atoms with Crippen molar-refractivity contribution in [3.05, 3.63) is 29.8 Å². The molecule has 1 saturated heterocycles. The topological polar surface area (TPSA) is 58.2 Å². The monoisotopic (exact) mass is 262 g/mol. The lowest BCUT2D eigenvalue weighted by Crippen LogP contribution is -2.36. The van der Waals surface area contributed by atoms with E-state index in [1.165, 1.54) is 0 Å². The Bertz CT molecular complexity index is 493. The molecular weight excluding hydrogens is 250 g/mol. The molecule has 4 nitrogen and oxygen atoms in total. The van der Waals surface area contributed by atoms with Crippen LogP contribution < -0.4 is 10.0 Å². The first-order chi connectivity index (χ1) is 7.97.